The SMILES string of the molecule is CCCCC/C=C\C[C@@H](O)/C=C/C=C/C=C\[C@@H](O)CCCC(=O)OC[C@H](COP(=O)(O)OP(=O)(O)OC[C@H]1O[C@@H](n2ccc(N)nc2=O)[C@H](O)[C@@H]1O)OC(=O)CCCCCCCCCCCCCCCCC(C)CC. The number of anilines is 1. The van der Waals surface area contributed by atoms with E-state index < -0.39 is 95.9 Å². The van der Waals surface area contributed by atoms with E-state index in [1.54, 1.807) is 36.5 Å². The first-order valence-electron chi connectivity index (χ1n) is 27.3. The van der Waals surface area contributed by atoms with Crippen molar-refractivity contribution < 1.29 is 76.5 Å². The molecule has 0 aliphatic carbocycles. The number of carbonyl (C=O) groups excluding carboxylic acids is 2. The molecule has 8 N–H and O–H groups in total. The first kappa shape index (κ1) is 67.7. The Kier molecular flexibility index (Phi) is 36.1. The molecule has 3 unspecified atom stereocenters. The summed E-state index contributed by atoms with van der Waals surface area (Å²) in [6, 6.07) is 1.23. The van der Waals surface area contributed by atoms with Crippen LogP contribution in [0.1, 0.15) is 188 Å². The van der Waals surface area contributed by atoms with Gasteiger partial charge in [0, 0.05) is 19.0 Å². The summed E-state index contributed by atoms with van der Waals surface area (Å²) < 4.78 is 56.7. The lowest BCUT2D eigenvalue weighted by Crippen LogP contribution is -2.36. The first-order valence-corrected chi connectivity index (χ1v) is 30.3. The number of nitrogen functional groups attached to an aromatic ring is 1. The third kappa shape index (κ3) is 32.9. The van der Waals surface area contributed by atoms with Gasteiger partial charge < -0.3 is 50.2 Å². The fourth-order valence-electron chi connectivity index (χ4n) is 7.95. The van der Waals surface area contributed by atoms with E-state index in [4.69, 9.17) is 29.0 Å². The van der Waals surface area contributed by atoms with Crippen LogP contribution in [0.15, 0.2) is 65.7 Å². The van der Waals surface area contributed by atoms with Gasteiger partial charge in [0.15, 0.2) is 12.3 Å². The van der Waals surface area contributed by atoms with Crippen molar-refractivity contribution in [2.24, 2.45) is 5.92 Å². The number of aliphatic hydroxyl groups is 4. The Morgan fingerprint density at radius 3 is 1.95 bits per heavy atom. The molecular formula is C53H91N3O17P2. The molecule has 1 aliphatic rings. The van der Waals surface area contributed by atoms with Gasteiger partial charge in [0.25, 0.3) is 0 Å². The Morgan fingerprint density at radius 2 is 1.33 bits per heavy atom. The summed E-state index contributed by atoms with van der Waals surface area (Å²) in [6.07, 6.45) is 29.5. The summed E-state index contributed by atoms with van der Waals surface area (Å²) in [5.41, 5.74) is 4.57. The van der Waals surface area contributed by atoms with Crippen molar-refractivity contribution in [2.75, 3.05) is 25.6 Å². The van der Waals surface area contributed by atoms with Gasteiger partial charge in [-0.1, -0.05) is 179 Å². The molecule has 0 spiro atoms. The molecule has 1 aromatic heterocycles. The minimum absolute atomic E-state index is 0.00114. The van der Waals surface area contributed by atoms with Gasteiger partial charge in [-0.2, -0.15) is 9.29 Å². The molecule has 1 fully saturated rings. The van der Waals surface area contributed by atoms with Gasteiger partial charge >= 0.3 is 33.3 Å². The second kappa shape index (κ2) is 39.9. The summed E-state index contributed by atoms with van der Waals surface area (Å²) in [6.45, 7) is 4.22. The average molecular weight is 1100 g/mol. The molecule has 0 aromatic carbocycles. The summed E-state index contributed by atoms with van der Waals surface area (Å²) in [7, 11) is -11.0. The molecule has 1 saturated heterocycles. The molecule has 10 atom stereocenters. The van der Waals surface area contributed by atoms with Crippen LogP contribution in [0.5, 0.6) is 0 Å². The number of phosphoric ester groups is 2. The highest BCUT2D eigenvalue weighted by Crippen LogP contribution is 2.60. The Bertz CT molecular complexity index is 2000. The van der Waals surface area contributed by atoms with Crippen LogP contribution in [0.3, 0.4) is 0 Å². The second-order valence-electron chi connectivity index (χ2n) is 19.4. The number of nitrogens with two attached hydrogens (primary N) is 1. The smallest absolute Gasteiger partial charge is 0.462 e. The van der Waals surface area contributed by atoms with Crippen LogP contribution in [-0.4, -0.2) is 108 Å². The molecule has 0 bridgehead atoms. The van der Waals surface area contributed by atoms with Gasteiger partial charge in [-0.15, -0.1) is 0 Å². The van der Waals surface area contributed by atoms with Gasteiger partial charge in [-0.3, -0.25) is 23.2 Å². The Labute approximate surface area is 445 Å². The highest BCUT2D eigenvalue weighted by molar-refractivity contribution is 7.61. The lowest BCUT2D eigenvalue weighted by atomic mass is 9.99. The largest absolute Gasteiger partial charge is 0.481 e. The number of ether oxygens (including phenoxy) is 3. The van der Waals surface area contributed by atoms with E-state index in [0.717, 1.165) is 61.6 Å². The fraction of sp³-hybridized carbons (Fsp3) is 0.736. The van der Waals surface area contributed by atoms with Gasteiger partial charge in [-0.05, 0) is 50.5 Å². The Morgan fingerprint density at radius 1 is 0.747 bits per heavy atom. The monoisotopic (exact) mass is 1100 g/mol. The van der Waals surface area contributed by atoms with Crippen LogP contribution < -0.4 is 11.4 Å². The average Bonchev–Trinajstić information content (AvgIpc) is 3.64. The van der Waals surface area contributed by atoms with Crippen molar-refractivity contribution in [2.45, 2.75) is 224 Å². The standard InChI is InChI=1S/C53H91N3O17P2/c1-4-6-7-8-20-25-31-43(57)32-26-22-23-27-33-44(58)34-29-36-48(59)68-39-45(71-49(60)35-28-21-18-16-14-12-10-9-11-13-15-17-19-24-30-42(3)5-2)40-69-74(64,65)73-75(66,67)70-41-46-50(61)51(62)52(72-46)56-38-37-47(54)55-53(56)63/h20,22-23,25-27,32-33,37-38,42-46,50-52,57-58,61-62H,4-19,21,24,28-31,34-36,39-41H2,1-3H3,(H,64,65)(H,66,67)(H2,54,55,63)/b23-22+,25-20-,32-26+,33-27-/t42?,43-,44-,45-,46-,50-,51-,52-/m1/s1. The number of hydrogen-bond acceptors (Lipinski definition) is 17. The van der Waals surface area contributed by atoms with Crippen molar-refractivity contribution in [1.29, 1.82) is 0 Å². The van der Waals surface area contributed by atoms with Crippen molar-refractivity contribution in [3.05, 3.63) is 71.4 Å². The van der Waals surface area contributed by atoms with E-state index in [1.165, 1.54) is 83.1 Å². The molecule has 75 heavy (non-hydrogen) atoms. The molecule has 2 heterocycles. The number of aliphatic hydroxyl groups excluding tert-OH is 4. The summed E-state index contributed by atoms with van der Waals surface area (Å²) in [5, 5.41) is 41.4. The van der Waals surface area contributed by atoms with E-state index in [1.807, 2.05) is 6.08 Å². The van der Waals surface area contributed by atoms with E-state index in [2.05, 4.69) is 36.1 Å². The predicted molar refractivity (Wildman–Crippen MR) is 287 cm³/mol. The molecule has 430 valence electrons. The van der Waals surface area contributed by atoms with Gasteiger partial charge in [0.1, 0.15) is 30.7 Å². The number of phosphoric acid groups is 2. The van der Waals surface area contributed by atoms with Crippen LogP contribution in [0.25, 0.3) is 0 Å². The van der Waals surface area contributed by atoms with Gasteiger partial charge in [-0.25, -0.2) is 13.9 Å². The van der Waals surface area contributed by atoms with Crippen LogP contribution in [0.4, 0.5) is 5.82 Å². The molecule has 22 heteroatoms. The topological polar surface area (TPSA) is 306 Å². The maximum Gasteiger partial charge on any atom is 0.481 e. The number of hydrogen-bond donors (Lipinski definition) is 7. The quantitative estimate of drug-likeness (QED) is 0.0105. The summed E-state index contributed by atoms with van der Waals surface area (Å²) >= 11 is 0. The van der Waals surface area contributed by atoms with E-state index in [0.29, 0.717) is 12.8 Å². The van der Waals surface area contributed by atoms with Crippen molar-refractivity contribution in [3.8, 4) is 0 Å². The van der Waals surface area contributed by atoms with Crippen LogP contribution in [-0.2, 0) is 46.3 Å². The molecule has 1 aromatic rings. The molecular weight excluding hydrogens is 1010 g/mol. The first-order chi connectivity index (χ1) is 35.9. The summed E-state index contributed by atoms with van der Waals surface area (Å²) in [5.74, 6) is -0.714. The lowest BCUT2D eigenvalue weighted by Gasteiger charge is -2.21. The molecule has 20 nitrogen and oxygen atoms in total. The third-order valence-corrected chi connectivity index (χ3v) is 15.2. The molecule has 1 aliphatic heterocycles. The zero-order chi connectivity index (χ0) is 55.3. The molecule has 0 saturated carbocycles. The van der Waals surface area contributed by atoms with Crippen LogP contribution in [0, 0.1) is 5.92 Å². The molecule has 0 amide bonds. The highest BCUT2D eigenvalue weighted by Gasteiger charge is 2.46. The van der Waals surface area contributed by atoms with E-state index in [9.17, 15) is 53.7 Å². The minimum Gasteiger partial charge on any atom is -0.462 e. The number of esters is 2. The maximum atomic E-state index is 12.9. The van der Waals surface area contributed by atoms with E-state index >= 15 is 0 Å². The number of unbranched alkanes of at least 4 members (excludes halogenated alkanes) is 16. The van der Waals surface area contributed by atoms with Crippen molar-refractivity contribution in [1.82, 2.24) is 9.55 Å². The maximum absolute atomic E-state index is 12.9. The predicted octanol–water partition coefficient (Wildman–Crippen LogP) is 9.53. The number of carbonyl (C=O) groups is 2. The molecule has 2 rings (SSSR count). The van der Waals surface area contributed by atoms with Gasteiger partial charge in [0.05, 0.1) is 25.4 Å². The van der Waals surface area contributed by atoms with E-state index in [-0.39, 0.29) is 31.5 Å². The van der Waals surface area contributed by atoms with Gasteiger partial charge in [0.2, 0.25) is 0 Å². The number of allylic oxidation sites excluding steroid dienone is 5. The van der Waals surface area contributed by atoms with Crippen molar-refractivity contribution >= 4 is 33.4 Å². The second-order valence-corrected chi connectivity index (χ2v) is 22.4. The lowest BCUT2D eigenvalue weighted by molar-refractivity contribution is -0.161. The zero-order valence-electron chi connectivity index (χ0n) is 44.7. The molecule has 0 radical (unpaired) electrons. The number of aromatic nitrogens is 2. The number of nitrogens with zero attached hydrogens (tertiary/aromatic N) is 2. The highest BCUT2D eigenvalue weighted by atomic mass is 31.3. The third-order valence-electron chi connectivity index (χ3n) is 12.6. The van der Waals surface area contributed by atoms with Crippen LogP contribution in [0.2, 0.25) is 0 Å². The van der Waals surface area contributed by atoms with Crippen molar-refractivity contribution in [3.63, 3.8) is 0 Å². The Balaban J connectivity index is 1.84. The zero-order valence-corrected chi connectivity index (χ0v) is 46.5. The summed E-state index contributed by atoms with van der Waals surface area (Å²) in [4.78, 5) is 62.0. The van der Waals surface area contributed by atoms with Crippen LogP contribution >= 0.6 is 15.6 Å². The Hall–Kier alpha value is -3.36. The fourth-order valence-corrected chi connectivity index (χ4v) is 10.1. The minimum atomic E-state index is -5.48. The number of rotatable bonds is 44. The normalized spacial score (nSPS) is 20.4.